The second-order valence-electron chi connectivity index (χ2n) is 8.97. The monoisotopic (exact) mass is 418 g/mol. The lowest BCUT2D eigenvalue weighted by molar-refractivity contribution is -0.904. The summed E-state index contributed by atoms with van der Waals surface area (Å²) in [4.78, 5) is 17.0. The fraction of sp³-hybridized carbons (Fsp3) is 0.444. The average molecular weight is 419 g/mol. The molecule has 31 heavy (non-hydrogen) atoms. The summed E-state index contributed by atoms with van der Waals surface area (Å²) in [6.07, 6.45) is 6.63. The molecule has 1 aliphatic rings. The van der Waals surface area contributed by atoms with Gasteiger partial charge in [-0.15, -0.1) is 0 Å². The molecule has 1 aliphatic heterocycles. The number of likely N-dealkylation sites (tertiary alicyclic amines) is 1. The molecule has 0 atom stereocenters. The van der Waals surface area contributed by atoms with Gasteiger partial charge in [-0.05, 0) is 55.2 Å². The number of piperidine rings is 1. The summed E-state index contributed by atoms with van der Waals surface area (Å²) in [5, 5.41) is 1.24. The van der Waals surface area contributed by atoms with E-state index in [1.54, 1.807) is 4.90 Å². The van der Waals surface area contributed by atoms with Gasteiger partial charge in [-0.1, -0.05) is 48.5 Å². The van der Waals surface area contributed by atoms with Crippen LogP contribution in [0.25, 0.3) is 10.9 Å². The molecule has 1 fully saturated rings. The van der Waals surface area contributed by atoms with Gasteiger partial charge in [0, 0.05) is 24.8 Å². The van der Waals surface area contributed by atoms with E-state index in [1.807, 2.05) is 0 Å². The zero-order valence-electron chi connectivity index (χ0n) is 18.9. The molecule has 1 N–H and O–H groups in total. The largest absolute Gasteiger partial charge is 0.346 e. The van der Waals surface area contributed by atoms with Crippen LogP contribution in [0.2, 0.25) is 0 Å². The van der Waals surface area contributed by atoms with Gasteiger partial charge in [0.2, 0.25) is 5.91 Å². The van der Waals surface area contributed by atoms with Crippen LogP contribution in [0.1, 0.15) is 43.4 Å². The lowest BCUT2D eigenvalue weighted by Gasteiger charge is -2.26. The lowest BCUT2D eigenvalue weighted by atomic mass is 10.1. The molecule has 4 rings (SSSR count). The third-order valence-corrected chi connectivity index (χ3v) is 6.75. The molecule has 4 heteroatoms. The molecule has 2 aromatic carbocycles. The van der Waals surface area contributed by atoms with Crippen molar-refractivity contribution in [3.8, 4) is 0 Å². The van der Waals surface area contributed by atoms with Crippen molar-refractivity contribution >= 4 is 16.8 Å². The maximum absolute atomic E-state index is 13.3. The molecule has 0 saturated carbocycles. The standard InChI is InChI=1S/C27H35N3O/c1-28-25(21-24-14-6-7-15-26(24)28)22-30(19-10-13-23-11-4-2-5-12-23)27(31)16-20-29-17-8-3-9-18-29/h2,4-7,11-12,14-15,21H,3,8-10,13,16-20,22H2,1H3/p+1. The van der Waals surface area contributed by atoms with Crippen molar-refractivity contribution in [2.24, 2.45) is 7.05 Å². The number of nitrogens with zero attached hydrogens (tertiary/aromatic N) is 2. The van der Waals surface area contributed by atoms with Crippen LogP contribution >= 0.6 is 0 Å². The normalized spacial score (nSPS) is 14.7. The van der Waals surface area contributed by atoms with Gasteiger partial charge in [0.1, 0.15) is 0 Å². The number of aryl methyl sites for hydroxylation is 2. The van der Waals surface area contributed by atoms with Crippen molar-refractivity contribution < 1.29 is 9.69 Å². The Morgan fingerprint density at radius 3 is 2.52 bits per heavy atom. The summed E-state index contributed by atoms with van der Waals surface area (Å²) in [5.41, 5.74) is 3.78. The Labute approximate surface area is 186 Å². The smallest absolute Gasteiger partial charge is 0.228 e. The number of carbonyl (C=O) groups is 1. The second-order valence-corrected chi connectivity index (χ2v) is 8.97. The number of benzene rings is 2. The maximum atomic E-state index is 13.3. The van der Waals surface area contributed by atoms with Gasteiger partial charge in [-0.3, -0.25) is 4.79 Å². The highest BCUT2D eigenvalue weighted by Gasteiger charge is 2.20. The summed E-state index contributed by atoms with van der Waals surface area (Å²) in [6.45, 7) is 4.93. The van der Waals surface area contributed by atoms with E-state index in [9.17, 15) is 4.79 Å². The summed E-state index contributed by atoms with van der Waals surface area (Å²) >= 11 is 0. The van der Waals surface area contributed by atoms with E-state index in [4.69, 9.17) is 0 Å². The Kier molecular flexibility index (Phi) is 7.42. The number of quaternary nitrogens is 1. The highest BCUT2D eigenvalue weighted by molar-refractivity contribution is 5.81. The number of aromatic nitrogens is 1. The lowest BCUT2D eigenvalue weighted by Crippen LogP contribution is -3.12. The summed E-state index contributed by atoms with van der Waals surface area (Å²) in [5.74, 6) is 0.302. The molecular weight excluding hydrogens is 382 g/mol. The summed E-state index contributed by atoms with van der Waals surface area (Å²) in [7, 11) is 2.11. The van der Waals surface area contributed by atoms with Gasteiger partial charge in [0.05, 0.1) is 32.6 Å². The van der Waals surface area contributed by atoms with E-state index in [-0.39, 0.29) is 0 Å². The van der Waals surface area contributed by atoms with Crippen molar-refractivity contribution in [1.29, 1.82) is 0 Å². The SMILES string of the molecule is Cn1c(CN(CCCc2ccccc2)C(=O)CC[NH+]2CCCCC2)cc2ccccc21. The fourth-order valence-electron chi connectivity index (χ4n) is 4.85. The number of carbonyl (C=O) groups excluding carboxylic acids is 1. The molecule has 4 nitrogen and oxygen atoms in total. The number of rotatable bonds is 9. The minimum Gasteiger partial charge on any atom is -0.346 e. The fourth-order valence-corrected chi connectivity index (χ4v) is 4.85. The van der Waals surface area contributed by atoms with Gasteiger partial charge in [-0.2, -0.15) is 0 Å². The van der Waals surface area contributed by atoms with Crippen LogP contribution in [0.3, 0.4) is 0 Å². The first-order chi connectivity index (χ1) is 15.2. The van der Waals surface area contributed by atoms with Crippen LogP contribution in [0.5, 0.6) is 0 Å². The molecular formula is C27H36N3O+. The van der Waals surface area contributed by atoms with Crippen molar-refractivity contribution in [2.75, 3.05) is 26.2 Å². The Morgan fingerprint density at radius 1 is 1.00 bits per heavy atom. The quantitative estimate of drug-likeness (QED) is 0.565. The molecule has 3 aromatic rings. The van der Waals surface area contributed by atoms with E-state index in [1.165, 1.54) is 54.5 Å². The topological polar surface area (TPSA) is 29.7 Å². The molecule has 2 heterocycles. The van der Waals surface area contributed by atoms with Crippen LogP contribution in [0, 0.1) is 0 Å². The van der Waals surface area contributed by atoms with Crippen LogP contribution in [0.15, 0.2) is 60.7 Å². The average Bonchev–Trinajstić information content (AvgIpc) is 3.13. The van der Waals surface area contributed by atoms with E-state index < -0.39 is 0 Å². The number of amides is 1. The van der Waals surface area contributed by atoms with Crippen LogP contribution in [-0.2, 0) is 24.8 Å². The van der Waals surface area contributed by atoms with Gasteiger partial charge in [0.15, 0.2) is 0 Å². The first-order valence-electron chi connectivity index (χ1n) is 11.9. The van der Waals surface area contributed by atoms with Crippen molar-refractivity contribution in [1.82, 2.24) is 9.47 Å². The second kappa shape index (κ2) is 10.6. The first-order valence-corrected chi connectivity index (χ1v) is 11.9. The molecule has 164 valence electrons. The number of hydrogen-bond donors (Lipinski definition) is 1. The molecule has 1 amide bonds. The molecule has 1 saturated heterocycles. The van der Waals surface area contributed by atoms with Crippen LogP contribution in [-0.4, -0.2) is 41.6 Å². The molecule has 1 aromatic heterocycles. The summed E-state index contributed by atoms with van der Waals surface area (Å²) in [6, 6.07) is 21.3. The summed E-state index contributed by atoms with van der Waals surface area (Å²) < 4.78 is 2.24. The zero-order chi connectivity index (χ0) is 21.5. The maximum Gasteiger partial charge on any atom is 0.228 e. The van der Waals surface area contributed by atoms with Crippen molar-refractivity contribution in [3.63, 3.8) is 0 Å². The first kappa shape index (κ1) is 21.6. The third kappa shape index (κ3) is 5.76. The van der Waals surface area contributed by atoms with Crippen LogP contribution in [0.4, 0.5) is 0 Å². The van der Waals surface area contributed by atoms with Crippen molar-refractivity contribution in [2.45, 2.75) is 45.1 Å². The predicted octanol–water partition coefficient (Wildman–Crippen LogP) is 3.60. The zero-order valence-corrected chi connectivity index (χ0v) is 18.9. The molecule has 0 bridgehead atoms. The van der Waals surface area contributed by atoms with Crippen LogP contribution < -0.4 is 4.90 Å². The molecule has 0 unspecified atom stereocenters. The minimum atomic E-state index is 0.302. The Bertz CT molecular complexity index is 973. The Hall–Kier alpha value is -2.59. The highest BCUT2D eigenvalue weighted by Crippen LogP contribution is 2.20. The highest BCUT2D eigenvalue weighted by atomic mass is 16.2. The third-order valence-electron chi connectivity index (χ3n) is 6.75. The van der Waals surface area contributed by atoms with Gasteiger partial charge < -0.3 is 14.4 Å². The van der Waals surface area contributed by atoms with Crippen molar-refractivity contribution in [3.05, 3.63) is 71.9 Å². The molecule has 0 spiro atoms. The molecule has 0 aliphatic carbocycles. The van der Waals surface area contributed by atoms with E-state index in [0.717, 1.165) is 25.9 Å². The Balaban J connectivity index is 1.42. The van der Waals surface area contributed by atoms with Gasteiger partial charge >= 0.3 is 0 Å². The van der Waals surface area contributed by atoms with E-state index in [2.05, 4.69) is 77.2 Å². The van der Waals surface area contributed by atoms with Gasteiger partial charge in [0.25, 0.3) is 0 Å². The minimum absolute atomic E-state index is 0.302. The van der Waals surface area contributed by atoms with Gasteiger partial charge in [-0.25, -0.2) is 0 Å². The number of nitrogens with one attached hydrogen (secondary N) is 1. The number of fused-ring (bicyclic) bond motifs is 1. The number of para-hydroxylation sites is 1. The predicted molar refractivity (Wildman–Crippen MR) is 127 cm³/mol. The molecule has 0 radical (unpaired) electrons. The van der Waals surface area contributed by atoms with E-state index >= 15 is 0 Å². The van der Waals surface area contributed by atoms with E-state index in [0.29, 0.717) is 18.9 Å². The Morgan fingerprint density at radius 2 is 1.74 bits per heavy atom. The number of hydrogen-bond acceptors (Lipinski definition) is 1.